The molecule has 0 bridgehead atoms. The summed E-state index contributed by atoms with van der Waals surface area (Å²) in [7, 11) is 0. The molecule has 0 saturated heterocycles. The molecule has 2 rings (SSSR count). The zero-order chi connectivity index (χ0) is 13.1. The summed E-state index contributed by atoms with van der Waals surface area (Å²) >= 11 is 6.69. The number of nitrogens with two attached hydrogens (primary N) is 1. The summed E-state index contributed by atoms with van der Waals surface area (Å²) in [4.78, 5) is 12.0. The number of nitrogen functional groups attached to an aromatic ring is 1. The van der Waals surface area contributed by atoms with Crippen molar-refractivity contribution in [1.29, 1.82) is 0 Å². The second kappa shape index (κ2) is 5.54. The minimum absolute atomic E-state index is 0.165. The first-order valence-corrected chi connectivity index (χ1v) is 6.77. The van der Waals surface area contributed by atoms with Crippen molar-refractivity contribution in [1.82, 2.24) is 0 Å². The molecule has 18 heavy (non-hydrogen) atoms. The molecule has 3 N–H and O–H groups in total. The maximum absolute atomic E-state index is 12.0. The van der Waals surface area contributed by atoms with Gasteiger partial charge in [-0.3, -0.25) is 4.79 Å². The predicted octanol–water partition coefficient (Wildman–Crippen LogP) is 4.05. The Balaban J connectivity index is 2.21. The highest BCUT2D eigenvalue weighted by Gasteiger charge is 2.08. The lowest BCUT2D eigenvalue weighted by molar-refractivity contribution is 0.102. The Hall–Kier alpha value is -1.33. The molecule has 0 aliphatic carbocycles. The van der Waals surface area contributed by atoms with Gasteiger partial charge in [0.25, 0.3) is 5.91 Å². The van der Waals surface area contributed by atoms with Crippen LogP contribution in [0.5, 0.6) is 0 Å². The van der Waals surface area contributed by atoms with E-state index < -0.39 is 0 Å². The number of anilines is 2. The molecule has 1 amide bonds. The van der Waals surface area contributed by atoms with Crippen molar-refractivity contribution >= 4 is 49.1 Å². The zero-order valence-electron chi connectivity index (χ0n) is 9.28. The van der Waals surface area contributed by atoms with Gasteiger partial charge in [0.1, 0.15) is 0 Å². The van der Waals surface area contributed by atoms with Crippen LogP contribution in [-0.2, 0) is 0 Å². The summed E-state index contributed by atoms with van der Waals surface area (Å²) in [5.41, 5.74) is 7.56. The molecular weight excluding hydrogens is 360 g/mol. The lowest BCUT2D eigenvalue weighted by Gasteiger charge is -2.08. The van der Waals surface area contributed by atoms with E-state index in [1.54, 1.807) is 30.3 Å². The Morgan fingerprint density at radius 3 is 2.56 bits per heavy atom. The van der Waals surface area contributed by atoms with E-state index in [0.29, 0.717) is 16.9 Å². The van der Waals surface area contributed by atoms with Crippen LogP contribution in [-0.4, -0.2) is 5.91 Å². The van der Waals surface area contributed by atoms with Gasteiger partial charge in [0.2, 0.25) is 0 Å². The SMILES string of the molecule is Nc1ccc(NC(=O)c2cccc(Br)c2)c(Br)c1. The summed E-state index contributed by atoms with van der Waals surface area (Å²) in [6, 6.07) is 12.5. The van der Waals surface area contributed by atoms with Crippen molar-refractivity contribution < 1.29 is 4.79 Å². The monoisotopic (exact) mass is 368 g/mol. The van der Waals surface area contributed by atoms with E-state index in [1.807, 2.05) is 12.1 Å². The molecule has 2 aromatic carbocycles. The van der Waals surface area contributed by atoms with Crippen LogP contribution < -0.4 is 11.1 Å². The second-order valence-electron chi connectivity index (χ2n) is 3.70. The van der Waals surface area contributed by atoms with E-state index in [-0.39, 0.29) is 5.91 Å². The van der Waals surface area contributed by atoms with Gasteiger partial charge in [0.15, 0.2) is 0 Å². The summed E-state index contributed by atoms with van der Waals surface area (Å²) < 4.78 is 1.62. The highest BCUT2D eigenvalue weighted by Crippen LogP contribution is 2.25. The average molecular weight is 370 g/mol. The van der Waals surface area contributed by atoms with E-state index in [0.717, 1.165) is 8.95 Å². The Kier molecular flexibility index (Phi) is 4.04. The molecule has 0 aliphatic heterocycles. The number of amides is 1. The maximum Gasteiger partial charge on any atom is 0.255 e. The Morgan fingerprint density at radius 1 is 1.11 bits per heavy atom. The van der Waals surface area contributed by atoms with Crippen LogP contribution in [0.1, 0.15) is 10.4 Å². The molecule has 0 radical (unpaired) electrons. The minimum atomic E-state index is -0.165. The van der Waals surface area contributed by atoms with E-state index >= 15 is 0 Å². The molecule has 0 aliphatic rings. The lowest BCUT2D eigenvalue weighted by atomic mass is 10.2. The third-order valence-corrected chi connectivity index (χ3v) is 3.48. The van der Waals surface area contributed by atoms with Gasteiger partial charge in [0, 0.05) is 20.2 Å². The topological polar surface area (TPSA) is 55.1 Å². The molecule has 3 nitrogen and oxygen atoms in total. The largest absolute Gasteiger partial charge is 0.399 e. The highest BCUT2D eigenvalue weighted by atomic mass is 79.9. The fourth-order valence-electron chi connectivity index (χ4n) is 1.46. The Labute approximate surface area is 122 Å². The molecule has 0 fully saturated rings. The zero-order valence-corrected chi connectivity index (χ0v) is 12.5. The number of carbonyl (C=O) groups is 1. The average Bonchev–Trinajstić information content (AvgIpc) is 2.32. The molecule has 0 heterocycles. The molecule has 0 atom stereocenters. The molecule has 0 aromatic heterocycles. The van der Waals surface area contributed by atoms with Crippen LogP contribution in [0.3, 0.4) is 0 Å². The predicted molar refractivity (Wildman–Crippen MR) is 80.6 cm³/mol. The number of hydrogen-bond donors (Lipinski definition) is 2. The van der Waals surface area contributed by atoms with E-state index in [4.69, 9.17) is 5.73 Å². The van der Waals surface area contributed by atoms with E-state index in [1.165, 1.54) is 0 Å². The molecule has 0 unspecified atom stereocenters. The quantitative estimate of drug-likeness (QED) is 0.784. The summed E-state index contributed by atoms with van der Waals surface area (Å²) in [5.74, 6) is -0.165. The molecule has 0 spiro atoms. The van der Waals surface area contributed by atoms with Crippen molar-refractivity contribution in [2.45, 2.75) is 0 Å². The van der Waals surface area contributed by atoms with Gasteiger partial charge in [-0.15, -0.1) is 0 Å². The Bertz CT molecular complexity index is 599. The Morgan fingerprint density at radius 2 is 1.89 bits per heavy atom. The number of carbonyl (C=O) groups excluding carboxylic acids is 1. The van der Waals surface area contributed by atoms with Gasteiger partial charge >= 0.3 is 0 Å². The third-order valence-electron chi connectivity index (χ3n) is 2.33. The molecule has 92 valence electrons. The van der Waals surface area contributed by atoms with Crippen LogP contribution in [0.15, 0.2) is 51.4 Å². The van der Waals surface area contributed by atoms with Gasteiger partial charge < -0.3 is 11.1 Å². The first kappa shape index (κ1) is 13.1. The smallest absolute Gasteiger partial charge is 0.255 e. The standard InChI is InChI=1S/C13H10Br2N2O/c14-9-3-1-2-8(6-9)13(18)17-12-5-4-10(16)7-11(12)15/h1-7H,16H2,(H,17,18). The first-order chi connectivity index (χ1) is 8.56. The summed E-state index contributed by atoms with van der Waals surface area (Å²) in [5, 5.41) is 2.82. The first-order valence-electron chi connectivity index (χ1n) is 5.18. The van der Waals surface area contributed by atoms with Crippen molar-refractivity contribution in [3.05, 3.63) is 57.0 Å². The van der Waals surface area contributed by atoms with Crippen LogP contribution in [0.2, 0.25) is 0 Å². The summed E-state index contributed by atoms with van der Waals surface area (Å²) in [6.07, 6.45) is 0. The minimum Gasteiger partial charge on any atom is -0.399 e. The van der Waals surface area contributed by atoms with Crippen LogP contribution in [0, 0.1) is 0 Å². The molecule has 2 aromatic rings. The van der Waals surface area contributed by atoms with Crippen molar-refractivity contribution in [2.24, 2.45) is 0 Å². The number of halogens is 2. The third kappa shape index (κ3) is 3.11. The number of rotatable bonds is 2. The van der Waals surface area contributed by atoms with E-state index in [9.17, 15) is 4.79 Å². The van der Waals surface area contributed by atoms with Gasteiger partial charge in [-0.1, -0.05) is 22.0 Å². The molecule has 0 saturated carbocycles. The van der Waals surface area contributed by atoms with Gasteiger partial charge in [-0.05, 0) is 52.3 Å². The maximum atomic E-state index is 12.0. The normalized spacial score (nSPS) is 10.1. The number of benzene rings is 2. The fourth-order valence-corrected chi connectivity index (χ4v) is 2.35. The second-order valence-corrected chi connectivity index (χ2v) is 5.47. The van der Waals surface area contributed by atoms with Crippen molar-refractivity contribution in [3.63, 3.8) is 0 Å². The van der Waals surface area contributed by atoms with Crippen molar-refractivity contribution in [3.8, 4) is 0 Å². The summed E-state index contributed by atoms with van der Waals surface area (Å²) in [6.45, 7) is 0. The fraction of sp³-hybridized carbons (Fsp3) is 0. The van der Waals surface area contributed by atoms with Crippen LogP contribution >= 0.6 is 31.9 Å². The lowest BCUT2D eigenvalue weighted by Crippen LogP contribution is -2.12. The van der Waals surface area contributed by atoms with Crippen LogP contribution in [0.4, 0.5) is 11.4 Å². The highest BCUT2D eigenvalue weighted by molar-refractivity contribution is 9.10. The van der Waals surface area contributed by atoms with Crippen LogP contribution in [0.25, 0.3) is 0 Å². The van der Waals surface area contributed by atoms with Gasteiger partial charge in [0.05, 0.1) is 5.69 Å². The van der Waals surface area contributed by atoms with Gasteiger partial charge in [-0.25, -0.2) is 0 Å². The van der Waals surface area contributed by atoms with Gasteiger partial charge in [-0.2, -0.15) is 0 Å². The molecule has 5 heteroatoms. The molecular formula is C13H10Br2N2O. The van der Waals surface area contributed by atoms with Crippen molar-refractivity contribution in [2.75, 3.05) is 11.1 Å². The number of hydrogen-bond acceptors (Lipinski definition) is 2. The number of nitrogens with one attached hydrogen (secondary N) is 1. The van der Waals surface area contributed by atoms with E-state index in [2.05, 4.69) is 37.2 Å².